The van der Waals surface area contributed by atoms with E-state index in [9.17, 15) is 4.79 Å². The molecule has 0 fully saturated rings. The Kier molecular flexibility index (Phi) is 4.00. The highest BCUT2D eigenvalue weighted by Crippen LogP contribution is 2.22. The van der Waals surface area contributed by atoms with Gasteiger partial charge in [-0.2, -0.15) is 0 Å². The van der Waals surface area contributed by atoms with Crippen molar-refractivity contribution in [2.45, 2.75) is 13.3 Å². The zero-order valence-electron chi connectivity index (χ0n) is 9.78. The van der Waals surface area contributed by atoms with Gasteiger partial charge in [0.25, 0.3) is 0 Å². The van der Waals surface area contributed by atoms with Crippen molar-refractivity contribution < 1.29 is 4.79 Å². The Morgan fingerprint density at radius 1 is 1.22 bits per heavy atom. The molecule has 0 aliphatic rings. The second kappa shape index (κ2) is 5.51. The van der Waals surface area contributed by atoms with E-state index in [-0.39, 0.29) is 12.2 Å². The fourth-order valence-electron chi connectivity index (χ4n) is 1.58. The van der Waals surface area contributed by atoms with Crippen molar-refractivity contribution in [1.29, 1.82) is 0 Å². The molecular formula is C14H11Cl2NO. The van der Waals surface area contributed by atoms with E-state index in [1.54, 1.807) is 24.4 Å². The van der Waals surface area contributed by atoms with Crippen LogP contribution in [0.1, 0.15) is 21.6 Å². The SMILES string of the molecule is Cc1ccc(CC(=O)c2ccc(Cl)cc2Cl)nc1. The van der Waals surface area contributed by atoms with Crippen LogP contribution in [0.5, 0.6) is 0 Å². The molecule has 92 valence electrons. The predicted molar refractivity (Wildman–Crippen MR) is 73.5 cm³/mol. The van der Waals surface area contributed by atoms with Crippen LogP contribution in [0.3, 0.4) is 0 Å². The van der Waals surface area contributed by atoms with Crippen molar-refractivity contribution in [3.63, 3.8) is 0 Å². The third-order valence-corrected chi connectivity index (χ3v) is 3.09. The van der Waals surface area contributed by atoms with Crippen molar-refractivity contribution in [2.24, 2.45) is 0 Å². The van der Waals surface area contributed by atoms with Crippen LogP contribution in [-0.4, -0.2) is 10.8 Å². The first-order valence-electron chi connectivity index (χ1n) is 5.46. The summed E-state index contributed by atoms with van der Waals surface area (Å²) in [6.07, 6.45) is 1.98. The number of benzene rings is 1. The first-order chi connectivity index (χ1) is 8.56. The molecule has 0 saturated carbocycles. The highest BCUT2D eigenvalue weighted by atomic mass is 35.5. The summed E-state index contributed by atoms with van der Waals surface area (Å²) in [5, 5.41) is 0.893. The molecular weight excluding hydrogens is 269 g/mol. The molecule has 0 amide bonds. The van der Waals surface area contributed by atoms with Gasteiger partial charge in [0.1, 0.15) is 0 Å². The average Bonchev–Trinajstić information content (AvgIpc) is 2.32. The largest absolute Gasteiger partial charge is 0.294 e. The van der Waals surface area contributed by atoms with Crippen molar-refractivity contribution in [1.82, 2.24) is 4.98 Å². The Hall–Kier alpha value is -1.38. The Morgan fingerprint density at radius 2 is 2.00 bits per heavy atom. The number of carbonyl (C=O) groups is 1. The maximum absolute atomic E-state index is 12.1. The van der Waals surface area contributed by atoms with Crippen molar-refractivity contribution in [3.05, 3.63) is 63.4 Å². The topological polar surface area (TPSA) is 30.0 Å². The lowest BCUT2D eigenvalue weighted by molar-refractivity contribution is 0.0992. The number of aromatic nitrogens is 1. The molecule has 2 nitrogen and oxygen atoms in total. The molecule has 0 saturated heterocycles. The van der Waals surface area contributed by atoms with E-state index in [0.717, 1.165) is 11.3 Å². The summed E-state index contributed by atoms with van der Waals surface area (Å²) in [5.41, 5.74) is 2.27. The van der Waals surface area contributed by atoms with Crippen LogP contribution >= 0.6 is 23.2 Å². The van der Waals surface area contributed by atoms with Crippen LogP contribution in [0.4, 0.5) is 0 Å². The molecule has 0 unspecified atom stereocenters. The maximum Gasteiger partial charge on any atom is 0.170 e. The smallest absolute Gasteiger partial charge is 0.170 e. The van der Waals surface area contributed by atoms with Gasteiger partial charge in [0, 0.05) is 22.5 Å². The monoisotopic (exact) mass is 279 g/mol. The lowest BCUT2D eigenvalue weighted by Gasteiger charge is -2.04. The van der Waals surface area contributed by atoms with Crippen LogP contribution < -0.4 is 0 Å². The molecule has 2 rings (SSSR count). The summed E-state index contributed by atoms with van der Waals surface area (Å²) in [6.45, 7) is 1.95. The standard InChI is InChI=1S/C14H11Cl2NO/c1-9-2-4-11(17-8-9)7-14(18)12-5-3-10(15)6-13(12)16/h2-6,8H,7H2,1H3. The maximum atomic E-state index is 12.1. The lowest BCUT2D eigenvalue weighted by atomic mass is 10.1. The van der Waals surface area contributed by atoms with E-state index in [2.05, 4.69) is 4.98 Å². The minimum Gasteiger partial charge on any atom is -0.294 e. The average molecular weight is 280 g/mol. The van der Waals surface area contributed by atoms with Gasteiger partial charge in [0.15, 0.2) is 5.78 Å². The van der Waals surface area contributed by atoms with E-state index >= 15 is 0 Å². The third kappa shape index (κ3) is 3.09. The zero-order chi connectivity index (χ0) is 13.1. The number of halogens is 2. The number of pyridine rings is 1. The van der Waals surface area contributed by atoms with Gasteiger partial charge in [-0.15, -0.1) is 0 Å². The second-order valence-electron chi connectivity index (χ2n) is 4.05. The van der Waals surface area contributed by atoms with Crippen molar-refractivity contribution >= 4 is 29.0 Å². The van der Waals surface area contributed by atoms with E-state index in [0.29, 0.717) is 15.6 Å². The number of rotatable bonds is 3. The van der Waals surface area contributed by atoms with Gasteiger partial charge in [0.2, 0.25) is 0 Å². The number of carbonyl (C=O) groups excluding carboxylic acids is 1. The predicted octanol–water partition coefficient (Wildman–Crippen LogP) is 4.12. The normalized spacial score (nSPS) is 10.4. The van der Waals surface area contributed by atoms with Gasteiger partial charge in [-0.05, 0) is 36.8 Å². The fourth-order valence-corrected chi connectivity index (χ4v) is 2.09. The molecule has 1 aromatic heterocycles. The molecule has 0 aliphatic heterocycles. The van der Waals surface area contributed by atoms with E-state index in [1.165, 1.54) is 0 Å². The van der Waals surface area contributed by atoms with Crippen LogP contribution in [0.25, 0.3) is 0 Å². The van der Waals surface area contributed by atoms with Gasteiger partial charge in [-0.3, -0.25) is 9.78 Å². The minimum absolute atomic E-state index is 0.0620. The first-order valence-corrected chi connectivity index (χ1v) is 6.21. The highest BCUT2D eigenvalue weighted by Gasteiger charge is 2.12. The summed E-state index contributed by atoms with van der Waals surface area (Å²) < 4.78 is 0. The molecule has 2 aromatic rings. The third-order valence-electron chi connectivity index (χ3n) is 2.55. The number of nitrogens with zero attached hydrogens (tertiary/aromatic N) is 1. The van der Waals surface area contributed by atoms with Crippen molar-refractivity contribution in [3.8, 4) is 0 Å². The summed E-state index contributed by atoms with van der Waals surface area (Å²) in [6, 6.07) is 8.64. The van der Waals surface area contributed by atoms with Crippen LogP contribution in [0.2, 0.25) is 10.0 Å². The Labute approximate surface area is 116 Å². The number of Topliss-reactive ketones (excluding diaryl/α,β-unsaturated/α-hetero) is 1. The molecule has 0 N–H and O–H groups in total. The Morgan fingerprint density at radius 3 is 2.61 bits per heavy atom. The van der Waals surface area contributed by atoms with E-state index in [4.69, 9.17) is 23.2 Å². The van der Waals surface area contributed by atoms with Gasteiger partial charge >= 0.3 is 0 Å². The minimum atomic E-state index is -0.0620. The summed E-state index contributed by atoms with van der Waals surface area (Å²) in [4.78, 5) is 16.3. The van der Waals surface area contributed by atoms with E-state index < -0.39 is 0 Å². The molecule has 1 heterocycles. The number of hydrogen-bond acceptors (Lipinski definition) is 2. The van der Waals surface area contributed by atoms with Gasteiger partial charge < -0.3 is 0 Å². The summed E-state index contributed by atoms with van der Waals surface area (Å²) in [7, 11) is 0. The fraction of sp³-hybridized carbons (Fsp3) is 0.143. The summed E-state index contributed by atoms with van der Waals surface area (Å²) >= 11 is 11.8. The lowest BCUT2D eigenvalue weighted by Crippen LogP contribution is -2.05. The zero-order valence-corrected chi connectivity index (χ0v) is 11.3. The first kappa shape index (κ1) is 13.1. The quantitative estimate of drug-likeness (QED) is 0.791. The molecule has 0 spiro atoms. The van der Waals surface area contributed by atoms with Crippen LogP contribution in [-0.2, 0) is 6.42 Å². The highest BCUT2D eigenvalue weighted by molar-refractivity contribution is 6.36. The Balaban J connectivity index is 2.19. The molecule has 0 atom stereocenters. The molecule has 0 radical (unpaired) electrons. The molecule has 1 aromatic carbocycles. The van der Waals surface area contributed by atoms with Crippen molar-refractivity contribution in [2.75, 3.05) is 0 Å². The molecule has 0 aliphatic carbocycles. The number of aryl methyl sites for hydroxylation is 1. The van der Waals surface area contributed by atoms with E-state index in [1.807, 2.05) is 19.1 Å². The van der Waals surface area contributed by atoms with Gasteiger partial charge in [0.05, 0.1) is 11.4 Å². The molecule has 18 heavy (non-hydrogen) atoms. The van der Waals surface area contributed by atoms with Crippen LogP contribution in [0.15, 0.2) is 36.5 Å². The molecule has 4 heteroatoms. The van der Waals surface area contributed by atoms with Gasteiger partial charge in [-0.25, -0.2) is 0 Å². The van der Waals surface area contributed by atoms with Gasteiger partial charge in [-0.1, -0.05) is 29.3 Å². The summed E-state index contributed by atoms with van der Waals surface area (Å²) in [5.74, 6) is -0.0620. The number of ketones is 1. The van der Waals surface area contributed by atoms with Crippen LogP contribution in [0, 0.1) is 6.92 Å². The molecule has 0 bridgehead atoms. The second-order valence-corrected chi connectivity index (χ2v) is 4.89. The Bertz CT molecular complexity index is 579. The number of hydrogen-bond donors (Lipinski definition) is 0.